The van der Waals surface area contributed by atoms with Crippen molar-refractivity contribution >= 4 is 6.08 Å². The Morgan fingerprint density at radius 1 is 0.905 bits per heavy atom. The molecule has 2 saturated carbocycles. The van der Waals surface area contributed by atoms with Crippen molar-refractivity contribution in [3.8, 4) is 11.5 Å². The van der Waals surface area contributed by atoms with Crippen LogP contribution in [-0.2, 0) is 38.9 Å². The monoisotopic (exact) mass is 866 g/mol. The molecule has 4 aliphatic carbocycles. The van der Waals surface area contributed by atoms with E-state index in [2.05, 4.69) is 28.5 Å². The van der Waals surface area contributed by atoms with Crippen molar-refractivity contribution < 1.29 is 39.8 Å². The molecule has 10 N–H and O–H groups in total. The van der Waals surface area contributed by atoms with E-state index < -0.39 is 18.3 Å². The number of fused-ring (bicyclic) bond motifs is 3. The Kier molecular flexibility index (Phi) is 15.1. The summed E-state index contributed by atoms with van der Waals surface area (Å²) in [4.78, 5) is 3.54. The summed E-state index contributed by atoms with van der Waals surface area (Å²) < 4.78 is 12.3. The fourth-order valence-corrected chi connectivity index (χ4v) is 11.6. The molecule has 2 aromatic carbocycles. The number of aliphatic hydroxyl groups excluding tert-OH is 5. The number of hydrogen-bond donors (Lipinski definition) is 9. The van der Waals surface area contributed by atoms with Gasteiger partial charge in [0.05, 0.1) is 25.4 Å². The predicted octanol–water partition coefficient (Wildman–Crippen LogP) is 7.45. The average molecular weight is 866 g/mol. The van der Waals surface area contributed by atoms with Crippen LogP contribution in [-0.4, -0.2) is 67.5 Å². The number of hydrogen-bond acceptors (Lipinski definition) is 10. The Morgan fingerprint density at radius 2 is 1.76 bits per heavy atom. The van der Waals surface area contributed by atoms with Gasteiger partial charge < -0.3 is 55.8 Å². The van der Waals surface area contributed by atoms with Gasteiger partial charge in [0.15, 0.2) is 11.5 Å². The number of phenolic OH excluding ortho intramolecular Hbond substituents is 1. The van der Waals surface area contributed by atoms with Gasteiger partial charge in [0.1, 0.15) is 24.2 Å². The van der Waals surface area contributed by atoms with E-state index in [4.69, 9.17) is 14.9 Å². The molecule has 8 rings (SSSR count). The number of aliphatic hydroxyl groups is 5. The summed E-state index contributed by atoms with van der Waals surface area (Å²) in [5.41, 5.74) is 14.5. The van der Waals surface area contributed by atoms with Gasteiger partial charge >= 0.3 is 0 Å². The second-order valence-electron chi connectivity index (χ2n) is 19.4. The third kappa shape index (κ3) is 10.8. The molecule has 2 aromatic heterocycles. The number of unbranched alkanes of at least 4 members (excludes halogenated alkanes) is 1. The lowest BCUT2D eigenvalue weighted by Gasteiger charge is -2.41. The summed E-state index contributed by atoms with van der Waals surface area (Å²) in [5, 5.41) is 66.3. The highest BCUT2D eigenvalue weighted by Crippen LogP contribution is 2.48. The van der Waals surface area contributed by atoms with E-state index in [0.29, 0.717) is 48.8 Å². The molecule has 342 valence electrons. The van der Waals surface area contributed by atoms with Crippen molar-refractivity contribution in [2.45, 2.75) is 140 Å². The number of aromatic nitrogens is 1. The van der Waals surface area contributed by atoms with Crippen molar-refractivity contribution in [1.82, 2.24) is 10.3 Å². The molecular weight excluding hydrogens is 795 g/mol. The minimum atomic E-state index is -0.891. The molecule has 0 amide bonds. The lowest BCUT2D eigenvalue weighted by atomic mass is 9.68. The average Bonchev–Trinajstić information content (AvgIpc) is 4.02. The molecule has 0 spiro atoms. The molecule has 4 aromatic rings. The second-order valence-corrected chi connectivity index (χ2v) is 19.4. The van der Waals surface area contributed by atoms with Crippen LogP contribution in [0.15, 0.2) is 59.0 Å². The third-order valence-corrected chi connectivity index (χ3v) is 15.1. The van der Waals surface area contributed by atoms with Gasteiger partial charge in [0.2, 0.25) is 0 Å². The van der Waals surface area contributed by atoms with Crippen LogP contribution in [0.25, 0.3) is 6.08 Å². The zero-order valence-electron chi connectivity index (χ0n) is 37.1. The number of H-pyrrole nitrogens is 1. The Hall–Kier alpha value is -3.94. The number of ether oxygens (including phenoxy) is 1. The highest BCUT2D eigenvalue weighted by Gasteiger charge is 2.39. The minimum absolute atomic E-state index is 0.00209. The van der Waals surface area contributed by atoms with Crippen LogP contribution < -0.4 is 15.8 Å². The molecule has 2 fully saturated rings. The van der Waals surface area contributed by atoms with Crippen LogP contribution in [0.4, 0.5) is 0 Å². The number of aryl methyl sites for hydroxylation is 4. The van der Waals surface area contributed by atoms with Gasteiger partial charge in [-0.25, -0.2) is 0 Å². The Bertz CT molecular complexity index is 2140. The maximum Gasteiger partial charge on any atom is 0.161 e. The number of phenols is 1. The van der Waals surface area contributed by atoms with E-state index in [1.54, 1.807) is 13.0 Å². The molecule has 0 radical (unpaired) electrons. The van der Waals surface area contributed by atoms with Gasteiger partial charge in [0, 0.05) is 60.8 Å². The number of nitrogens with one attached hydrogen (secondary N) is 2. The maximum absolute atomic E-state index is 11.3. The van der Waals surface area contributed by atoms with E-state index in [1.807, 2.05) is 36.4 Å². The quantitative estimate of drug-likeness (QED) is 0.0427. The molecule has 63 heavy (non-hydrogen) atoms. The molecule has 4 aliphatic rings. The smallest absolute Gasteiger partial charge is 0.161 e. The zero-order valence-corrected chi connectivity index (χ0v) is 37.1. The van der Waals surface area contributed by atoms with Gasteiger partial charge in [-0.3, -0.25) is 0 Å². The lowest BCUT2D eigenvalue weighted by Crippen LogP contribution is -2.42. The van der Waals surface area contributed by atoms with Crippen molar-refractivity contribution in [2.24, 2.45) is 35.3 Å². The van der Waals surface area contributed by atoms with Crippen LogP contribution in [0, 0.1) is 29.6 Å². The summed E-state index contributed by atoms with van der Waals surface area (Å²) in [6.07, 6.45) is 16.4. The Balaban J connectivity index is 0.792. The molecule has 10 atom stereocenters. The molecule has 11 heteroatoms. The van der Waals surface area contributed by atoms with E-state index in [0.717, 1.165) is 109 Å². The number of furan rings is 1. The predicted molar refractivity (Wildman–Crippen MR) is 244 cm³/mol. The largest absolute Gasteiger partial charge is 0.504 e. The van der Waals surface area contributed by atoms with Gasteiger partial charge in [-0.15, -0.1) is 0 Å². The topological polar surface area (TPSA) is 198 Å². The maximum atomic E-state index is 11.3. The fourth-order valence-electron chi connectivity index (χ4n) is 11.6. The van der Waals surface area contributed by atoms with Gasteiger partial charge in [-0.2, -0.15) is 0 Å². The zero-order chi connectivity index (χ0) is 44.0. The van der Waals surface area contributed by atoms with Gasteiger partial charge in [-0.05, 0) is 134 Å². The minimum Gasteiger partial charge on any atom is -0.504 e. The van der Waals surface area contributed by atoms with Crippen LogP contribution in [0.1, 0.15) is 146 Å². The van der Waals surface area contributed by atoms with E-state index >= 15 is 0 Å². The van der Waals surface area contributed by atoms with Crippen LogP contribution in [0.2, 0.25) is 0 Å². The van der Waals surface area contributed by atoms with Crippen LogP contribution in [0.5, 0.6) is 11.5 Å². The summed E-state index contributed by atoms with van der Waals surface area (Å²) in [6, 6.07) is 15.2. The van der Waals surface area contributed by atoms with Crippen molar-refractivity contribution in [1.29, 1.82) is 0 Å². The number of aromatic hydroxyl groups is 1. The lowest BCUT2D eigenvalue weighted by molar-refractivity contribution is 0.0651. The summed E-state index contributed by atoms with van der Waals surface area (Å²) in [7, 11) is 0. The molecule has 10 unspecified atom stereocenters. The van der Waals surface area contributed by atoms with E-state index in [9.17, 15) is 30.6 Å². The standard InChI is InChI=1S/C52H71N3O8/c1-31(58)26-54-27-44-39-7-4-6-35(39)14-19-46-43(44)25-47(55-46)49(60)30-62-51-23-33(12-20-48(51)59)9-15-38-24-37(29-57)50(63-38)8-3-2-5-32-10-17-41(45(53)22-32)42-18-13-36-21-34(28-56)11-16-40(36)52(42)61/h11-13,16,18,20-21,23-25,31-32,35,39,41-42,44-45,49,52,54-61H,2-10,14-15,17,19,22,26-30,53H2,1H3. The molecule has 0 bridgehead atoms. The third-order valence-electron chi connectivity index (χ3n) is 15.1. The first-order chi connectivity index (χ1) is 30.6. The van der Waals surface area contributed by atoms with Crippen molar-refractivity contribution in [2.75, 3.05) is 19.7 Å². The van der Waals surface area contributed by atoms with E-state index in [1.165, 1.54) is 30.5 Å². The summed E-state index contributed by atoms with van der Waals surface area (Å²) >= 11 is 0. The SMILES string of the molecule is CC(O)CNCC1c2cc(C(O)COc3cc(CCc4cc(CO)c(CCCCC5CCC(C6C=Cc7cc(CO)ccc7C6O)C(N)C5)o4)ccc3O)[nH]c2CCC2CCCC21. The first kappa shape index (κ1) is 45.6. The van der Waals surface area contributed by atoms with Gasteiger partial charge in [-0.1, -0.05) is 62.5 Å². The Morgan fingerprint density at radius 3 is 2.57 bits per heavy atom. The fraction of sp³-hybridized carbons (Fsp3) is 0.577. The Labute approximate surface area is 372 Å². The molecular formula is C52H71N3O8. The summed E-state index contributed by atoms with van der Waals surface area (Å²) in [5.74, 6) is 4.43. The molecule has 0 saturated heterocycles. The number of nitrogens with two attached hydrogens (primary N) is 1. The van der Waals surface area contributed by atoms with E-state index in [-0.39, 0.29) is 43.4 Å². The van der Waals surface area contributed by atoms with Crippen molar-refractivity contribution in [3.05, 3.63) is 111 Å². The first-order valence-corrected chi connectivity index (χ1v) is 23.9. The van der Waals surface area contributed by atoms with Crippen molar-refractivity contribution in [3.63, 3.8) is 0 Å². The van der Waals surface area contributed by atoms with Gasteiger partial charge in [0.25, 0.3) is 0 Å². The number of aromatic amines is 1. The highest BCUT2D eigenvalue weighted by molar-refractivity contribution is 5.59. The molecule has 11 nitrogen and oxygen atoms in total. The van der Waals surface area contributed by atoms with Crippen LogP contribution >= 0.6 is 0 Å². The molecule has 2 heterocycles. The first-order valence-electron chi connectivity index (χ1n) is 23.9. The summed E-state index contributed by atoms with van der Waals surface area (Å²) in [6.45, 7) is 3.08. The number of rotatable bonds is 19. The second kappa shape index (κ2) is 20.9. The normalized spacial score (nSPS) is 26.5. The number of benzene rings is 2. The molecule has 0 aliphatic heterocycles. The van der Waals surface area contributed by atoms with Crippen LogP contribution in [0.3, 0.4) is 0 Å². The highest BCUT2D eigenvalue weighted by atomic mass is 16.5.